The number of fused-ring (bicyclic) bond motifs is 1. The predicted octanol–water partition coefficient (Wildman–Crippen LogP) is 3.96. The summed E-state index contributed by atoms with van der Waals surface area (Å²) in [7, 11) is 0. The van der Waals surface area contributed by atoms with Crippen LogP contribution in [0.5, 0.6) is 0 Å². The number of benzene rings is 3. The Balaban J connectivity index is 1.36. The maximum atomic E-state index is 14.5. The van der Waals surface area contributed by atoms with Gasteiger partial charge in [-0.25, -0.2) is 0 Å². The molecule has 218 valence electrons. The van der Waals surface area contributed by atoms with Gasteiger partial charge in [-0.1, -0.05) is 72.3 Å². The third-order valence-electron chi connectivity index (χ3n) is 9.08. The second-order valence-electron chi connectivity index (χ2n) is 11.7. The van der Waals surface area contributed by atoms with Gasteiger partial charge in [-0.05, 0) is 61.6 Å². The number of ether oxygens (including phenoxy) is 1. The molecule has 6 rings (SSSR count). The molecule has 3 heterocycles. The fourth-order valence-electron chi connectivity index (χ4n) is 7.23. The molecule has 3 N–H and O–H groups in total. The minimum atomic E-state index is -1.21. The molecular weight excluding hydrogens is 554 g/mol. The first kappa shape index (κ1) is 28.4. The van der Waals surface area contributed by atoms with Gasteiger partial charge in [0.1, 0.15) is 11.6 Å². The van der Waals surface area contributed by atoms with Crippen molar-refractivity contribution in [3.8, 4) is 0 Å². The Morgan fingerprint density at radius 1 is 0.976 bits per heavy atom. The van der Waals surface area contributed by atoms with Crippen LogP contribution in [-0.4, -0.2) is 57.6 Å². The molecular formula is C33H34ClN3O5. The molecule has 3 aromatic rings. The van der Waals surface area contributed by atoms with Crippen molar-refractivity contribution in [2.24, 2.45) is 11.8 Å². The van der Waals surface area contributed by atoms with E-state index in [9.17, 15) is 19.5 Å². The normalized spacial score (nSPS) is 28.4. The quantitative estimate of drug-likeness (QED) is 0.351. The predicted molar refractivity (Wildman–Crippen MR) is 158 cm³/mol. The highest BCUT2D eigenvalue weighted by Crippen LogP contribution is 2.63. The number of anilines is 1. The molecule has 3 fully saturated rings. The summed E-state index contributed by atoms with van der Waals surface area (Å²) >= 11 is 6.05. The fourth-order valence-corrected chi connectivity index (χ4v) is 7.36. The summed E-state index contributed by atoms with van der Waals surface area (Å²) in [6, 6.07) is 24.1. The van der Waals surface area contributed by atoms with E-state index in [1.54, 1.807) is 24.3 Å². The lowest BCUT2D eigenvalue weighted by molar-refractivity contribution is -0.148. The maximum Gasteiger partial charge on any atom is 0.250 e. The highest BCUT2D eigenvalue weighted by atomic mass is 35.5. The van der Waals surface area contributed by atoms with Gasteiger partial charge in [-0.15, -0.1) is 0 Å². The van der Waals surface area contributed by atoms with Gasteiger partial charge in [-0.2, -0.15) is 0 Å². The number of hydrogen-bond donors (Lipinski definition) is 3. The second-order valence-corrected chi connectivity index (χ2v) is 12.1. The molecule has 0 saturated carbocycles. The van der Waals surface area contributed by atoms with Gasteiger partial charge < -0.3 is 25.4 Å². The van der Waals surface area contributed by atoms with Crippen LogP contribution in [0.2, 0.25) is 5.02 Å². The van der Waals surface area contributed by atoms with E-state index in [1.165, 1.54) is 4.90 Å². The fraction of sp³-hybridized carbons (Fsp3) is 0.364. The van der Waals surface area contributed by atoms with Crippen molar-refractivity contribution in [1.82, 2.24) is 10.2 Å². The number of likely N-dealkylation sites (tertiary alicyclic amines) is 1. The molecule has 9 heteroatoms. The first-order chi connectivity index (χ1) is 20.3. The number of rotatable bonds is 9. The number of aliphatic hydroxyl groups is 1. The van der Waals surface area contributed by atoms with Crippen molar-refractivity contribution < 1.29 is 24.2 Å². The van der Waals surface area contributed by atoms with Crippen molar-refractivity contribution in [3.05, 3.63) is 101 Å². The maximum absolute atomic E-state index is 14.5. The van der Waals surface area contributed by atoms with Crippen LogP contribution in [-0.2, 0) is 32.1 Å². The molecule has 8 nitrogen and oxygen atoms in total. The van der Waals surface area contributed by atoms with Crippen molar-refractivity contribution in [2.75, 3.05) is 11.9 Å². The molecule has 2 unspecified atom stereocenters. The zero-order valence-corrected chi connectivity index (χ0v) is 24.1. The summed E-state index contributed by atoms with van der Waals surface area (Å²) in [4.78, 5) is 43.9. The molecule has 42 heavy (non-hydrogen) atoms. The molecule has 3 amide bonds. The zero-order valence-electron chi connectivity index (χ0n) is 23.3. The first-order valence-corrected chi connectivity index (χ1v) is 14.7. The Morgan fingerprint density at radius 3 is 2.26 bits per heavy atom. The number of amides is 3. The second kappa shape index (κ2) is 11.2. The minimum Gasteiger partial charge on any atom is -0.394 e. The highest BCUT2D eigenvalue weighted by molar-refractivity contribution is 6.30. The summed E-state index contributed by atoms with van der Waals surface area (Å²) in [5.74, 6) is -2.69. The van der Waals surface area contributed by atoms with Crippen molar-refractivity contribution in [1.29, 1.82) is 0 Å². The van der Waals surface area contributed by atoms with E-state index < -0.39 is 41.0 Å². The Bertz CT molecular complexity index is 1470. The molecule has 2 bridgehead atoms. The molecule has 3 aromatic carbocycles. The number of carbonyl (C=O) groups excluding carboxylic acids is 3. The number of nitrogens with zero attached hydrogens (tertiary/aromatic N) is 1. The highest BCUT2D eigenvalue weighted by Gasteiger charge is 2.78. The van der Waals surface area contributed by atoms with E-state index in [-0.39, 0.29) is 18.4 Å². The van der Waals surface area contributed by atoms with Gasteiger partial charge >= 0.3 is 0 Å². The first-order valence-electron chi connectivity index (χ1n) is 14.3. The van der Waals surface area contributed by atoms with Gasteiger partial charge in [0.05, 0.1) is 30.1 Å². The summed E-state index contributed by atoms with van der Waals surface area (Å²) in [6.45, 7) is 1.83. The van der Waals surface area contributed by atoms with E-state index in [2.05, 4.69) is 10.6 Å². The van der Waals surface area contributed by atoms with Gasteiger partial charge in [0.25, 0.3) is 0 Å². The van der Waals surface area contributed by atoms with Crippen LogP contribution in [0, 0.1) is 11.8 Å². The SMILES string of the molecule is C[C@]12CCC3(O1)C(C(=O)Nc1ccc(Cl)cc1)N([C@@H](CO)Cc1ccccc1)C(=O)[C@@H]3[C@H]2C(=O)NCc1ccccc1. The van der Waals surface area contributed by atoms with Crippen LogP contribution >= 0.6 is 11.6 Å². The van der Waals surface area contributed by atoms with Crippen LogP contribution < -0.4 is 10.6 Å². The van der Waals surface area contributed by atoms with Crippen LogP contribution in [0.4, 0.5) is 5.69 Å². The average Bonchev–Trinajstić information content (AvgIpc) is 3.57. The lowest BCUT2D eigenvalue weighted by atomic mass is 9.66. The average molecular weight is 588 g/mol. The van der Waals surface area contributed by atoms with E-state index in [0.717, 1.165) is 11.1 Å². The van der Waals surface area contributed by atoms with Gasteiger partial charge in [0.15, 0.2) is 0 Å². The molecule has 6 atom stereocenters. The Morgan fingerprint density at radius 2 is 1.62 bits per heavy atom. The zero-order chi connectivity index (χ0) is 29.5. The van der Waals surface area contributed by atoms with Crippen LogP contribution in [0.25, 0.3) is 0 Å². The van der Waals surface area contributed by atoms with E-state index in [0.29, 0.717) is 36.5 Å². The Kier molecular flexibility index (Phi) is 7.55. The number of aliphatic hydroxyl groups excluding tert-OH is 1. The monoisotopic (exact) mass is 587 g/mol. The number of carbonyl (C=O) groups is 3. The molecule has 3 aliphatic rings. The van der Waals surface area contributed by atoms with Crippen molar-refractivity contribution >= 4 is 35.0 Å². The molecule has 0 radical (unpaired) electrons. The van der Waals surface area contributed by atoms with Crippen LogP contribution in [0.1, 0.15) is 30.9 Å². The summed E-state index contributed by atoms with van der Waals surface area (Å²) in [5.41, 5.74) is 0.278. The smallest absolute Gasteiger partial charge is 0.250 e. The summed E-state index contributed by atoms with van der Waals surface area (Å²) in [5, 5.41) is 17.1. The molecule has 0 aliphatic carbocycles. The lowest BCUT2D eigenvalue weighted by Crippen LogP contribution is -2.57. The van der Waals surface area contributed by atoms with Crippen molar-refractivity contribution in [2.45, 2.75) is 56.0 Å². The minimum absolute atomic E-state index is 0.274. The summed E-state index contributed by atoms with van der Waals surface area (Å²) in [6.07, 6.45) is 1.32. The third-order valence-corrected chi connectivity index (χ3v) is 9.34. The lowest BCUT2D eigenvalue weighted by Gasteiger charge is -2.37. The summed E-state index contributed by atoms with van der Waals surface area (Å²) < 4.78 is 6.71. The van der Waals surface area contributed by atoms with Crippen LogP contribution in [0.15, 0.2) is 84.9 Å². The van der Waals surface area contributed by atoms with E-state index in [4.69, 9.17) is 16.3 Å². The molecule has 3 saturated heterocycles. The topological polar surface area (TPSA) is 108 Å². The molecule has 1 spiro atoms. The van der Waals surface area contributed by atoms with E-state index in [1.807, 2.05) is 67.6 Å². The van der Waals surface area contributed by atoms with Gasteiger partial charge in [0, 0.05) is 17.3 Å². The molecule has 0 aromatic heterocycles. The van der Waals surface area contributed by atoms with Gasteiger partial charge in [-0.3, -0.25) is 14.4 Å². The number of hydrogen-bond acceptors (Lipinski definition) is 5. The number of halogens is 1. The van der Waals surface area contributed by atoms with E-state index >= 15 is 0 Å². The van der Waals surface area contributed by atoms with Gasteiger partial charge in [0.2, 0.25) is 17.7 Å². The Hall–Kier alpha value is -3.72. The number of nitrogens with one attached hydrogen (secondary N) is 2. The Labute approximate surface area is 250 Å². The van der Waals surface area contributed by atoms with Crippen LogP contribution in [0.3, 0.4) is 0 Å². The largest absolute Gasteiger partial charge is 0.394 e. The van der Waals surface area contributed by atoms with Crippen molar-refractivity contribution in [3.63, 3.8) is 0 Å². The third kappa shape index (κ3) is 4.87. The standard InChI is InChI=1S/C33H34ClN3O5/c1-32-16-17-33(42-32)27(26(32)29(39)35-19-22-10-6-3-7-11-22)31(41)37(25(20-38)18-21-8-4-2-5-9-21)28(33)30(40)36-24-14-12-23(34)13-15-24/h2-15,25-28,38H,16-20H2,1H3,(H,35,39)(H,36,40)/t25-,26+,27+,28?,32-,33?/m1/s1. The molecule has 3 aliphatic heterocycles.